The van der Waals surface area contributed by atoms with Crippen LogP contribution in [-0.4, -0.2) is 20.1 Å². The summed E-state index contributed by atoms with van der Waals surface area (Å²) >= 11 is 0. The zero-order chi connectivity index (χ0) is 14.8. The van der Waals surface area contributed by atoms with Crippen LogP contribution in [0, 0.1) is 0 Å². The number of methoxy groups -OCH3 is 2. The van der Waals surface area contributed by atoms with Crippen molar-refractivity contribution in [3.63, 3.8) is 0 Å². The molecular formula is C16H15NO4. The van der Waals surface area contributed by atoms with Crippen molar-refractivity contribution >= 4 is 5.91 Å². The van der Waals surface area contributed by atoms with Gasteiger partial charge in [0.05, 0.1) is 25.3 Å². The van der Waals surface area contributed by atoms with Crippen LogP contribution in [0.25, 0.3) is 0 Å². The number of carbonyl (C=O) groups is 1. The van der Waals surface area contributed by atoms with Crippen molar-refractivity contribution < 1.29 is 19.0 Å². The molecule has 0 bridgehead atoms. The van der Waals surface area contributed by atoms with Crippen molar-refractivity contribution in [3.8, 4) is 17.2 Å². The minimum atomic E-state index is -0.613. The Morgan fingerprint density at radius 1 is 1.10 bits per heavy atom. The zero-order valence-electron chi connectivity index (χ0n) is 11.8. The average molecular weight is 285 g/mol. The van der Waals surface area contributed by atoms with Crippen molar-refractivity contribution in [2.24, 2.45) is 0 Å². The van der Waals surface area contributed by atoms with Gasteiger partial charge >= 0.3 is 0 Å². The molecule has 5 heteroatoms. The fraction of sp³-hybridized carbons (Fsp3) is 0.188. The molecule has 1 atom stereocenters. The Labute approximate surface area is 122 Å². The quantitative estimate of drug-likeness (QED) is 0.941. The molecule has 1 aliphatic rings. The van der Waals surface area contributed by atoms with E-state index in [1.807, 2.05) is 6.07 Å². The number of carbonyl (C=O) groups excluding carboxylic acids is 1. The van der Waals surface area contributed by atoms with Crippen LogP contribution >= 0.6 is 0 Å². The molecule has 0 aliphatic carbocycles. The number of para-hydroxylation sites is 1. The Morgan fingerprint density at radius 3 is 2.67 bits per heavy atom. The maximum Gasteiger partial charge on any atom is 0.258 e. The Balaban J connectivity index is 2.01. The van der Waals surface area contributed by atoms with E-state index in [2.05, 4.69) is 5.32 Å². The number of amides is 1. The van der Waals surface area contributed by atoms with Gasteiger partial charge < -0.3 is 19.5 Å². The van der Waals surface area contributed by atoms with E-state index in [0.717, 1.165) is 0 Å². The molecule has 0 aromatic heterocycles. The first kappa shape index (κ1) is 13.3. The second-order valence-corrected chi connectivity index (χ2v) is 4.58. The van der Waals surface area contributed by atoms with E-state index in [-0.39, 0.29) is 5.91 Å². The lowest BCUT2D eigenvalue weighted by Gasteiger charge is -2.28. The van der Waals surface area contributed by atoms with Crippen LogP contribution in [0.4, 0.5) is 0 Å². The van der Waals surface area contributed by atoms with E-state index in [9.17, 15) is 4.79 Å². The van der Waals surface area contributed by atoms with Crippen LogP contribution in [0.2, 0.25) is 0 Å². The third-order valence-electron chi connectivity index (χ3n) is 3.36. The Hall–Kier alpha value is -2.69. The fourth-order valence-electron chi connectivity index (χ4n) is 2.30. The molecule has 2 aromatic rings. The molecule has 1 heterocycles. The Kier molecular flexibility index (Phi) is 3.39. The van der Waals surface area contributed by atoms with E-state index in [4.69, 9.17) is 14.2 Å². The summed E-state index contributed by atoms with van der Waals surface area (Å²) in [6, 6.07) is 12.5. The van der Waals surface area contributed by atoms with Gasteiger partial charge in [-0.3, -0.25) is 4.79 Å². The van der Waals surface area contributed by atoms with Crippen LogP contribution in [0.1, 0.15) is 22.1 Å². The summed E-state index contributed by atoms with van der Waals surface area (Å²) in [5.74, 6) is 1.67. The monoisotopic (exact) mass is 285 g/mol. The van der Waals surface area contributed by atoms with Crippen LogP contribution in [0.15, 0.2) is 42.5 Å². The Bertz CT molecular complexity index is 684. The summed E-state index contributed by atoms with van der Waals surface area (Å²) < 4.78 is 16.4. The van der Waals surface area contributed by atoms with Gasteiger partial charge in [-0.1, -0.05) is 12.1 Å². The molecule has 108 valence electrons. The van der Waals surface area contributed by atoms with Gasteiger partial charge in [0.15, 0.2) is 0 Å². The predicted octanol–water partition coefficient (Wildman–Crippen LogP) is 2.52. The van der Waals surface area contributed by atoms with E-state index < -0.39 is 6.23 Å². The van der Waals surface area contributed by atoms with Gasteiger partial charge in [-0.2, -0.15) is 0 Å². The summed E-state index contributed by atoms with van der Waals surface area (Å²) in [4.78, 5) is 12.2. The molecule has 0 saturated carbocycles. The third-order valence-corrected chi connectivity index (χ3v) is 3.36. The SMILES string of the molecule is COc1ccc(OC)c([C@@H]2NC(=O)c3ccccc3O2)c1. The number of rotatable bonds is 3. The van der Waals surface area contributed by atoms with Crippen molar-refractivity contribution in [1.29, 1.82) is 0 Å². The van der Waals surface area contributed by atoms with Crippen molar-refractivity contribution in [3.05, 3.63) is 53.6 Å². The summed E-state index contributed by atoms with van der Waals surface area (Å²) in [6.07, 6.45) is -0.613. The van der Waals surface area contributed by atoms with Gasteiger partial charge in [-0.05, 0) is 30.3 Å². The van der Waals surface area contributed by atoms with E-state index in [1.165, 1.54) is 0 Å². The molecule has 3 rings (SSSR count). The summed E-state index contributed by atoms with van der Waals surface area (Å²) in [6.45, 7) is 0. The van der Waals surface area contributed by atoms with Gasteiger partial charge in [0.2, 0.25) is 6.23 Å². The molecule has 21 heavy (non-hydrogen) atoms. The molecule has 0 radical (unpaired) electrons. The summed E-state index contributed by atoms with van der Waals surface area (Å²) in [5.41, 5.74) is 1.23. The van der Waals surface area contributed by atoms with Crippen LogP contribution in [-0.2, 0) is 0 Å². The lowest BCUT2D eigenvalue weighted by atomic mass is 10.1. The molecule has 0 saturated heterocycles. The van der Waals surface area contributed by atoms with E-state index in [1.54, 1.807) is 50.6 Å². The normalized spacial score (nSPS) is 16.5. The second kappa shape index (κ2) is 5.36. The molecule has 0 unspecified atom stereocenters. The molecule has 1 N–H and O–H groups in total. The van der Waals surface area contributed by atoms with Gasteiger partial charge in [0.1, 0.15) is 17.2 Å². The Morgan fingerprint density at radius 2 is 1.90 bits per heavy atom. The van der Waals surface area contributed by atoms with Gasteiger partial charge in [-0.15, -0.1) is 0 Å². The predicted molar refractivity (Wildman–Crippen MR) is 76.8 cm³/mol. The molecule has 0 fully saturated rings. The fourth-order valence-corrected chi connectivity index (χ4v) is 2.30. The van der Waals surface area contributed by atoms with Gasteiger partial charge in [0.25, 0.3) is 5.91 Å². The molecule has 5 nitrogen and oxygen atoms in total. The molecule has 1 aliphatic heterocycles. The minimum Gasteiger partial charge on any atom is -0.497 e. The molecular weight excluding hydrogens is 270 g/mol. The minimum absolute atomic E-state index is 0.174. The van der Waals surface area contributed by atoms with Crippen LogP contribution in [0.3, 0.4) is 0 Å². The van der Waals surface area contributed by atoms with E-state index in [0.29, 0.717) is 28.4 Å². The second-order valence-electron chi connectivity index (χ2n) is 4.58. The third kappa shape index (κ3) is 2.38. The lowest BCUT2D eigenvalue weighted by Crippen LogP contribution is -2.36. The summed E-state index contributed by atoms with van der Waals surface area (Å²) in [7, 11) is 3.16. The first-order chi connectivity index (χ1) is 10.2. The maximum atomic E-state index is 12.2. The van der Waals surface area contributed by atoms with E-state index >= 15 is 0 Å². The number of hydrogen-bond acceptors (Lipinski definition) is 4. The first-order valence-electron chi connectivity index (χ1n) is 6.51. The highest BCUT2D eigenvalue weighted by atomic mass is 16.5. The van der Waals surface area contributed by atoms with Crippen molar-refractivity contribution in [1.82, 2.24) is 5.32 Å². The topological polar surface area (TPSA) is 56.8 Å². The number of nitrogens with one attached hydrogen (secondary N) is 1. The zero-order valence-corrected chi connectivity index (χ0v) is 11.8. The van der Waals surface area contributed by atoms with Crippen molar-refractivity contribution in [2.45, 2.75) is 6.23 Å². The highest BCUT2D eigenvalue weighted by Crippen LogP contribution is 2.34. The average Bonchev–Trinajstić information content (AvgIpc) is 2.54. The maximum absolute atomic E-state index is 12.2. The lowest BCUT2D eigenvalue weighted by molar-refractivity contribution is 0.0751. The molecule has 2 aromatic carbocycles. The largest absolute Gasteiger partial charge is 0.497 e. The van der Waals surface area contributed by atoms with Crippen LogP contribution < -0.4 is 19.5 Å². The van der Waals surface area contributed by atoms with Crippen molar-refractivity contribution in [2.75, 3.05) is 14.2 Å². The summed E-state index contributed by atoms with van der Waals surface area (Å²) in [5, 5.41) is 2.82. The van der Waals surface area contributed by atoms with Crippen LogP contribution in [0.5, 0.6) is 17.2 Å². The number of hydrogen-bond donors (Lipinski definition) is 1. The standard InChI is InChI=1S/C16H15NO4/c1-19-10-7-8-13(20-2)12(9-10)16-17-15(18)11-5-3-4-6-14(11)21-16/h3-9,16H,1-2H3,(H,17,18)/t16-/m1/s1. The van der Waals surface area contributed by atoms with Gasteiger partial charge in [-0.25, -0.2) is 0 Å². The number of fused-ring (bicyclic) bond motifs is 1. The molecule has 0 spiro atoms. The highest BCUT2D eigenvalue weighted by molar-refractivity contribution is 5.98. The first-order valence-corrected chi connectivity index (χ1v) is 6.51. The number of benzene rings is 2. The number of ether oxygens (including phenoxy) is 3. The molecule has 1 amide bonds. The smallest absolute Gasteiger partial charge is 0.258 e. The highest BCUT2D eigenvalue weighted by Gasteiger charge is 2.28. The van der Waals surface area contributed by atoms with Gasteiger partial charge in [0, 0.05) is 0 Å².